The first-order chi connectivity index (χ1) is 8.81. The Hall–Kier alpha value is -1.50. The average molecular weight is 244 g/mol. The molecule has 0 saturated heterocycles. The molecule has 0 unspecified atom stereocenters. The summed E-state index contributed by atoms with van der Waals surface area (Å²) in [4.78, 5) is 0. The van der Waals surface area contributed by atoms with Gasteiger partial charge in [0.1, 0.15) is 11.5 Å². The molecule has 1 aromatic carbocycles. The van der Waals surface area contributed by atoms with Crippen molar-refractivity contribution in [3.63, 3.8) is 0 Å². The molecule has 0 bridgehead atoms. The van der Waals surface area contributed by atoms with E-state index in [1.807, 2.05) is 13.8 Å². The van der Waals surface area contributed by atoms with Crippen LogP contribution >= 0.6 is 0 Å². The Labute approximate surface area is 111 Å². The van der Waals surface area contributed by atoms with Crippen molar-refractivity contribution >= 4 is 0 Å². The average Bonchev–Trinajstić information content (AvgIpc) is 2.82. The number of fused-ring (bicyclic) bond motifs is 1. The molecule has 1 heterocycles. The quantitative estimate of drug-likeness (QED) is 0.664. The van der Waals surface area contributed by atoms with Crippen molar-refractivity contribution in [2.24, 2.45) is 0 Å². The van der Waals surface area contributed by atoms with Gasteiger partial charge in [-0.1, -0.05) is 51.1 Å². The second-order valence-corrected chi connectivity index (χ2v) is 4.13. The number of para-hydroxylation sites is 1. The minimum absolute atomic E-state index is 0.941. The zero-order chi connectivity index (χ0) is 13.4. The zero-order valence-electron chi connectivity index (χ0n) is 12.0. The third-order valence-electron chi connectivity index (χ3n) is 2.78. The molecule has 0 N–H and O–H groups in total. The Bertz CT molecular complexity index is 427. The molecule has 0 fully saturated rings. The van der Waals surface area contributed by atoms with Gasteiger partial charge < -0.3 is 4.74 Å². The molecular weight excluding hydrogens is 220 g/mol. The van der Waals surface area contributed by atoms with E-state index in [4.69, 9.17) is 4.74 Å². The van der Waals surface area contributed by atoms with E-state index < -0.39 is 0 Å². The molecule has 1 aliphatic heterocycles. The van der Waals surface area contributed by atoms with Crippen LogP contribution in [-0.4, -0.2) is 0 Å². The van der Waals surface area contributed by atoms with Gasteiger partial charge in [0.05, 0.1) is 0 Å². The molecule has 1 heteroatoms. The second-order valence-electron chi connectivity index (χ2n) is 4.13. The highest BCUT2D eigenvalue weighted by molar-refractivity contribution is 5.47. The summed E-state index contributed by atoms with van der Waals surface area (Å²) in [6.45, 7) is 8.24. The van der Waals surface area contributed by atoms with Crippen LogP contribution in [0.2, 0.25) is 0 Å². The van der Waals surface area contributed by atoms with E-state index in [0.29, 0.717) is 0 Å². The van der Waals surface area contributed by atoms with E-state index in [9.17, 15) is 0 Å². The van der Waals surface area contributed by atoms with E-state index in [2.05, 4.69) is 50.3 Å². The molecule has 1 aliphatic rings. The lowest BCUT2D eigenvalue weighted by Crippen LogP contribution is -1.87. The number of hydrogen-bond acceptors (Lipinski definition) is 1. The molecular formula is C17H24O. The van der Waals surface area contributed by atoms with Crippen LogP contribution in [0, 0.1) is 6.92 Å². The number of allylic oxidation sites excluding steroid dienone is 4. The van der Waals surface area contributed by atoms with E-state index in [1.54, 1.807) is 0 Å². The van der Waals surface area contributed by atoms with Gasteiger partial charge in [-0.2, -0.15) is 0 Å². The van der Waals surface area contributed by atoms with Gasteiger partial charge in [0, 0.05) is 12.0 Å². The molecule has 2 rings (SSSR count). The van der Waals surface area contributed by atoms with Crippen molar-refractivity contribution < 1.29 is 4.74 Å². The van der Waals surface area contributed by atoms with Crippen molar-refractivity contribution in [2.75, 3.05) is 0 Å². The Morgan fingerprint density at radius 2 is 2.00 bits per heavy atom. The summed E-state index contributed by atoms with van der Waals surface area (Å²) in [6.07, 6.45) is 9.55. The topological polar surface area (TPSA) is 9.23 Å². The van der Waals surface area contributed by atoms with Crippen LogP contribution < -0.4 is 4.74 Å². The third-order valence-corrected chi connectivity index (χ3v) is 2.78. The Morgan fingerprint density at radius 3 is 2.67 bits per heavy atom. The Kier molecular flexibility index (Phi) is 6.27. The maximum atomic E-state index is 5.85. The first-order valence-electron chi connectivity index (χ1n) is 6.91. The Balaban J connectivity index is 0.000000771. The minimum atomic E-state index is 0.941. The predicted octanol–water partition coefficient (Wildman–Crippen LogP) is 5.20. The first-order valence-corrected chi connectivity index (χ1v) is 6.91. The molecule has 0 spiro atoms. The van der Waals surface area contributed by atoms with E-state index >= 15 is 0 Å². The van der Waals surface area contributed by atoms with Gasteiger partial charge in [0.25, 0.3) is 0 Å². The van der Waals surface area contributed by atoms with Gasteiger partial charge in [0.2, 0.25) is 0 Å². The summed E-state index contributed by atoms with van der Waals surface area (Å²) >= 11 is 0. The molecule has 1 nitrogen and oxygen atoms in total. The summed E-state index contributed by atoms with van der Waals surface area (Å²) < 4.78 is 5.85. The fourth-order valence-corrected chi connectivity index (χ4v) is 1.93. The number of hydrogen-bond donors (Lipinski definition) is 0. The molecule has 0 aliphatic carbocycles. The van der Waals surface area contributed by atoms with Gasteiger partial charge >= 0.3 is 0 Å². The van der Waals surface area contributed by atoms with Crippen molar-refractivity contribution in [1.29, 1.82) is 0 Å². The largest absolute Gasteiger partial charge is 0.461 e. The van der Waals surface area contributed by atoms with Crippen LogP contribution in [0.3, 0.4) is 0 Å². The molecule has 18 heavy (non-hydrogen) atoms. The van der Waals surface area contributed by atoms with Gasteiger partial charge in [-0.05, 0) is 31.4 Å². The monoisotopic (exact) mass is 244 g/mol. The molecule has 0 saturated carbocycles. The van der Waals surface area contributed by atoms with Crippen LogP contribution in [0.4, 0.5) is 0 Å². The molecule has 0 radical (unpaired) electrons. The van der Waals surface area contributed by atoms with Crippen LogP contribution in [-0.2, 0) is 6.42 Å². The van der Waals surface area contributed by atoms with Crippen LogP contribution in [0.1, 0.15) is 44.7 Å². The molecule has 0 aromatic heterocycles. The van der Waals surface area contributed by atoms with Crippen LogP contribution in [0.15, 0.2) is 42.2 Å². The second kappa shape index (κ2) is 7.75. The lowest BCUT2D eigenvalue weighted by atomic mass is 10.1. The smallest absolute Gasteiger partial charge is 0.133 e. The predicted molar refractivity (Wildman–Crippen MR) is 79.0 cm³/mol. The highest BCUT2D eigenvalue weighted by Gasteiger charge is 2.17. The molecule has 0 atom stereocenters. The van der Waals surface area contributed by atoms with Crippen molar-refractivity contribution in [3.8, 4) is 5.75 Å². The van der Waals surface area contributed by atoms with Gasteiger partial charge in [-0.25, -0.2) is 0 Å². The molecule has 0 amide bonds. The molecule has 1 aromatic rings. The highest BCUT2D eigenvalue weighted by Crippen LogP contribution is 2.33. The Morgan fingerprint density at radius 1 is 1.22 bits per heavy atom. The fourth-order valence-electron chi connectivity index (χ4n) is 1.93. The zero-order valence-corrected chi connectivity index (χ0v) is 12.0. The van der Waals surface area contributed by atoms with Crippen LogP contribution in [0.25, 0.3) is 0 Å². The lowest BCUT2D eigenvalue weighted by Gasteiger charge is -2.02. The first kappa shape index (κ1) is 14.6. The van der Waals surface area contributed by atoms with E-state index in [1.165, 1.54) is 11.1 Å². The third kappa shape index (κ3) is 3.76. The summed E-state index contributed by atoms with van der Waals surface area (Å²) in [7, 11) is 0. The van der Waals surface area contributed by atoms with Crippen molar-refractivity contribution in [2.45, 2.75) is 47.0 Å². The van der Waals surface area contributed by atoms with Crippen molar-refractivity contribution in [3.05, 3.63) is 53.3 Å². The van der Waals surface area contributed by atoms with E-state index in [0.717, 1.165) is 30.8 Å². The lowest BCUT2D eigenvalue weighted by molar-refractivity contribution is 0.441. The SMILES string of the molecule is CC.CC/C=C\C/C=C1\Cc2cccc(C)c2O1. The summed E-state index contributed by atoms with van der Waals surface area (Å²) in [5.41, 5.74) is 2.54. The van der Waals surface area contributed by atoms with Gasteiger partial charge in [0.15, 0.2) is 0 Å². The maximum Gasteiger partial charge on any atom is 0.133 e. The summed E-state index contributed by atoms with van der Waals surface area (Å²) in [5, 5.41) is 0. The van der Waals surface area contributed by atoms with Gasteiger partial charge in [-0.3, -0.25) is 0 Å². The van der Waals surface area contributed by atoms with Gasteiger partial charge in [-0.15, -0.1) is 0 Å². The number of benzene rings is 1. The summed E-state index contributed by atoms with van der Waals surface area (Å²) in [6, 6.07) is 6.33. The standard InChI is InChI=1S/C15H18O.C2H6/c1-3-4-5-6-10-14-11-13-9-7-8-12(2)15(13)16-14;1-2/h4-5,7-10H,3,6,11H2,1-2H3;1-2H3/b5-4-,14-10+;. The molecule has 98 valence electrons. The fraction of sp³-hybridized carbons (Fsp3) is 0.412. The number of ether oxygens (including phenoxy) is 1. The maximum absolute atomic E-state index is 5.85. The van der Waals surface area contributed by atoms with Crippen molar-refractivity contribution in [1.82, 2.24) is 0 Å². The minimum Gasteiger partial charge on any atom is -0.461 e. The summed E-state index contributed by atoms with van der Waals surface area (Å²) in [5.74, 6) is 2.15. The normalized spacial score (nSPS) is 15.2. The highest BCUT2D eigenvalue weighted by atomic mass is 16.5. The van der Waals surface area contributed by atoms with E-state index in [-0.39, 0.29) is 0 Å². The van der Waals surface area contributed by atoms with Crippen LogP contribution in [0.5, 0.6) is 5.75 Å². The number of rotatable bonds is 3. The number of aryl methyl sites for hydroxylation is 1.